The molecule has 5 heteroatoms. The van der Waals surface area contributed by atoms with Crippen LogP contribution in [0.1, 0.15) is 12.8 Å². The highest BCUT2D eigenvalue weighted by atomic mass is 35.5. The van der Waals surface area contributed by atoms with Gasteiger partial charge in [-0.15, -0.1) is 0 Å². The third-order valence-electron chi connectivity index (χ3n) is 3.54. The molecule has 0 aliphatic carbocycles. The van der Waals surface area contributed by atoms with Crippen LogP contribution < -0.4 is 10.6 Å². The van der Waals surface area contributed by atoms with Crippen molar-refractivity contribution in [3.8, 4) is 0 Å². The molecule has 0 bridgehead atoms. The second kappa shape index (κ2) is 6.36. The van der Waals surface area contributed by atoms with E-state index in [0.717, 1.165) is 44.8 Å². The van der Waals surface area contributed by atoms with Gasteiger partial charge in [0, 0.05) is 31.5 Å². The van der Waals surface area contributed by atoms with E-state index in [1.165, 1.54) is 0 Å². The Labute approximate surface area is 113 Å². The molecule has 0 aromatic carbocycles. The average Bonchev–Trinajstić information content (AvgIpc) is 2.39. The molecule has 0 unspecified atom stereocenters. The van der Waals surface area contributed by atoms with Crippen LogP contribution in [0, 0.1) is 5.41 Å². The summed E-state index contributed by atoms with van der Waals surface area (Å²) in [6.07, 6.45) is 5.65. The van der Waals surface area contributed by atoms with Crippen molar-refractivity contribution in [2.45, 2.75) is 12.8 Å². The van der Waals surface area contributed by atoms with Crippen LogP contribution in [0.3, 0.4) is 0 Å². The molecule has 0 atom stereocenters. The molecular formula is C13H20ClN3O. The maximum atomic E-state index is 6.10. The van der Waals surface area contributed by atoms with Crippen molar-refractivity contribution in [3.63, 3.8) is 0 Å². The Bertz CT molecular complexity index is 375. The van der Waals surface area contributed by atoms with Crippen molar-refractivity contribution in [1.82, 2.24) is 10.3 Å². The summed E-state index contributed by atoms with van der Waals surface area (Å²) in [6.45, 7) is 3.76. The quantitative estimate of drug-likeness (QED) is 0.860. The summed E-state index contributed by atoms with van der Waals surface area (Å²) < 4.78 is 5.39. The molecule has 1 fully saturated rings. The van der Waals surface area contributed by atoms with E-state index in [9.17, 15) is 0 Å². The highest BCUT2D eigenvalue weighted by molar-refractivity contribution is 6.33. The van der Waals surface area contributed by atoms with Crippen LogP contribution in [0.15, 0.2) is 18.5 Å². The average molecular weight is 270 g/mol. The van der Waals surface area contributed by atoms with Gasteiger partial charge in [0.25, 0.3) is 0 Å². The molecular weight excluding hydrogens is 250 g/mol. The van der Waals surface area contributed by atoms with Gasteiger partial charge in [-0.1, -0.05) is 11.6 Å². The van der Waals surface area contributed by atoms with Crippen molar-refractivity contribution in [2.24, 2.45) is 5.41 Å². The van der Waals surface area contributed by atoms with Gasteiger partial charge in [0.05, 0.1) is 17.3 Å². The number of hydrogen-bond acceptors (Lipinski definition) is 4. The minimum atomic E-state index is 0.201. The van der Waals surface area contributed by atoms with Crippen LogP contribution in [0.2, 0.25) is 5.02 Å². The zero-order valence-electron chi connectivity index (χ0n) is 10.7. The summed E-state index contributed by atoms with van der Waals surface area (Å²) in [5.41, 5.74) is 1.15. The van der Waals surface area contributed by atoms with E-state index in [0.29, 0.717) is 5.02 Å². The van der Waals surface area contributed by atoms with Crippen molar-refractivity contribution in [1.29, 1.82) is 0 Å². The van der Waals surface area contributed by atoms with Crippen LogP contribution in [-0.2, 0) is 4.74 Å². The van der Waals surface area contributed by atoms with Gasteiger partial charge in [0.1, 0.15) is 0 Å². The molecule has 2 rings (SSSR count). The second-order valence-corrected chi connectivity index (χ2v) is 5.30. The Kier molecular flexibility index (Phi) is 4.80. The summed E-state index contributed by atoms with van der Waals surface area (Å²) in [7, 11) is 1.77. The molecule has 1 aliphatic heterocycles. The van der Waals surface area contributed by atoms with Crippen LogP contribution in [0.25, 0.3) is 0 Å². The second-order valence-electron chi connectivity index (χ2n) is 4.89. The number of methoxy groups -OCH3 is 1. The molecule has 4 nitrogen and oxygen atoms in total. The number of aromatic nitrogens is 1. The van der Waals surface area contributed by atoms with E-state index in [-0.39, 0.29) is 5.41 Å². The summed E-state index contributed by atoms with van der Waals surface area (Å²) in [6, 6.07) is 1.91. The van der Waals surface area contributed by atoms with Crippen LogP contribution in [0.5, 0.6) is 0 Å². The van der Waals surface area contributed by atoms with E-state index >= 15 is 0 Å². The lowest BCUT2D eigenvalue weighted by Gasteiger charge is -2.37. The standard InChI is InChI=1S/C13H20ClN3O/c1-18-10-13(3-6-15-7-4-13)9-17-12-2-5-16-8-11(12)14/h2,5,8,15H,3-4,6-7,9-10H2,1H3,(H,16,17). The minimum Gasteiger partial charge on any atom is -0.384 e. The predicted octanol–water partition coefficient (Wildman–Crippen LogP) is 2.16. The Hall–Kier alpha value is -0.840. The Morgan fingerprint density at radius 2 is 2.28 bits per heavy atom. The summed E-state index contributed by atoms with van der Waals surface area (Å²) >= 11 is 6.10. The largest absolute Gasteiger partial charge is 0.384 e. The molecule has 2 N–H and O–H groups in total. The third kappa shape index (κ3) is 3.34. The monoisotopic (exact) mass is 269 g/mol. The van der Waals surface area contributed by atoms with Gasteiger partial charge in [0.15, 0.2) is 0 Å². The lowest BCUT2D eigenvalue weighted by atomic mass is 9.79. The van der Waals surface area contributed by atoms with E-state index in [2.05, 4.69) is 15.6 Å². The van der Waals surface area contributed by atoms with Crippen LogP contribution >= 0.6 is 11.6 Å². The topological polar surface area (TPSA) is 46.2 Å². The predicted molar refractivity (Wildman–Crippen MR) is 74.1 cm³/mol. The molecule has 1 aromatic rings. The number of nitrogens with zero attached hydrogens (tertiary/aromatic N) is 1. The number of anilines is 1. The maximum Gasteiger partial charge on any atom is 0.0820 e. The number of piperidine rings is 1. The van der Waals surface area contributed by atoms with Gasteiger partial charge < -0.3 is 15.4 Å². The van der Waals surface area contributed by atoms with Gasteiger partial charge in [-0.3, -0.25) is 4.98 Å². The highest BCUT2D eigenvalue weighted by Crippen LogP contribution is 2.30. The molecule has 100 valence electrons. The molecule has 0 spiro atoms. The van der Waals surface area contributed by atoms with Gasteiger partial charge in [-0.05, 0) is 32.0 Å². The fraction of sp³-hybridized carbons (Fsp3) is 0.615. The molecule has 0 saturated carbocycles. The number of nitrogens with one attached hydrogen (secondary N) is 2. The first kappa shape index (κ1) is 13.6. The minimum absolute atomic E-state index is 0.201. The number of pyridine rings is 1. The zero-order valence-corrected chi connectivity index (χ0v) is 11.5. The van der Waals surface area contributed by atoms with Crippen molar-refractivity contribution in [2.75, 3.05) is 38.7 Å². The van der Waals surface area contributed by atoms with Crippen molar-refractivity contribution < 1.29 is 4.74 Å². The maximum absolute atomic E-state index is 6.10. The first-order valence-electron chi connectivity index (χ1n) is 6.29. The first-order valence-corrected chi connectivity index (χ1v) is 6.67. The van der Waals surface area contributed by atoms with Gasteiger partial charge >= 0.3 is 0 Å². The lowest BCUT2D eigenvalue weighted by Crippen LogP contribution is -2.44. The van der Waals surface area contributed by atoms with Gasteiger partial charge in [-0.25, -0.2) is 0 Å². The fourth-order valence-electron chi connectivity index (χ4n) is 2.44. The molecule has 2 heterocycles. The van der Waals surface area contributed by atoms with E-state index in [1.54, 1.807) is 19.5 Å². The third-order valence-corrected chi connectivity index (χ3v) is 3.84. The molecule has 18 heavy (non-hydrogen) atoms. The van der Waals surface area contributed by atoms with E-state index in [4.69, 9.17) is 16.3 Å². The summed E-state index contributed by atoms with van der Waals surface area (Å²) in [5.74, 6) is 0. The van der Waals surface area contributed by atoms with Crippen LogP contribution in [-0.4, -0.2) is 38.3 Å². The van der Waals surface area contributed by atoms with Gasteiger partial charge in [0.2, 0.25) is 0 Å². The smallest absolute Gasteiger partial charge is 0.0820 e. The Balaban J connectivity index is 1.99. The number of rotatable bonds is 5. The Morgan fingerprint density at radius 3 is 2.94 bits per heavy atom. The van der Waals surface area contributed by atoms with Crippen molar-refractivity contribution in [3.05, 3.63) is 23.5 Å². The lowest BCUT2D eigenvalue weighted by molar-refractivity contribution is 0.0636. The van der Waals surface area contributed by atoms with Crippen molar-refractivity contribution >= 4 is 17.3 Å². The summed E-state index contributed by atoms with van der Waals surface area (Å²) in [4.78, 5) is 3.99. The molecule has 1 aromatic heterocycles. The van der Waals surface area contributed by atoms with Gasteiger partial charge in [-0.2, -0.15) is 0 Å². The molecule has 0 amide bonds. The molecule has 0 radical (unpaired) electrons. The molecule has 1 saturated heterocycles. The normalized spacial score (nSPS) is 18.6. The van der Waals surface area contributed by atoms with Crippen LogP contribution in [0.4, 0.5) is 5.69 Å². The highest BCUT2D eigenvalue weighted by Gasteiger charge is 2.31. The van der Waals surface area contributed by atoms with E-state index in [1.807, 2.05) is 6.07 Å². The fourth-order valence-corrected chi connectivity index (χ4v) is 2.62. The summed E-state index contributed by atoms with van der Waals surface area (Å²) in [5, 5.41) is 7.48. The number of halogens is 1. The SMILES string of the molecule is COCC1(CNc2ccncc2Cl)CCNCC1. The number of ether oxygens (including phenoxy) is 1. The zero-order chi connectivity index (χ0) is 12.8. The van der Waals surface area contributed by atoms with E-state index < -0.39 is 0 Å². The molecule has 1 aliphatic rings. The first-order chi connectivity index (χ1) is 8.76. The number of hydrogen-bond donors (Lipinski definition) is 2. The Morgan fingerprint density at radius 1 is 1.50 bits per heavy atom.